The van der Waals surface area contributed by atoms with Crippen LogP contribution in [0.1, 0.15) is 45.2 Å². The van der Waals surface area contributed by atoms with Crippen LogP contribution < -0.4 is 10.6 Å². The standard InChI is InChI=1S/C16H24N2O3/c1-4-5-9-21-16(20)11-17-12(2)14-7-6-8-15(10-14)18-13(3)19/h6-8,10,12,17H,4-5,9,11H2,1-3H3,(H,18,19). The number of esters is 1. The molecule has 21 heavy (non-hydrogen) atoms. The van der Waals surface area contributed by atoms with Crippen molar-refractivity contribution in [3.8, 4) is 0 Å². The highest BCUT2D eigenvalue weighted by molar-refractivity contribution is 5.88. The minimum Gasteiger partial charge on any atom is -0.465 e. The fourth-order valence-corrected chi connectivity index (χ4v) is 1.82. The minimum absolute atomic E-state index is 0.00238. The molecule has 0 aliphatic heterocycles. The number of anilines is 1. The molecule has 0 saturated carbocycles. The number of amides is 1. The fourth-order valence-electron chi connectivity index (χ4n) is 1.82. The molecule has 0 aromatic heterocycles. The third-order valence-electron chi connectivity index (χ3n) is 3.02. The van der Waals surface area contributed by atoms with Crippen LogP contribution in [0.5, 0.6) is 0 Å². The third-order valence-corrected chi connectivity index (χ3v) is 3.02. The predicted octanol–water partition coefficient (Wildman–Crippen LogP) is 2.64. The number of carbonyl (C=O) groups is 2. The van der Waals surface area contributed by atoms with E-state index in [-0.39, 0.29) is 24.5 Å². The molecule has 5 heteroatoms. The second kappa shape index (κ2) is 9.13. The Morgan fingerprint density at radius 1 is 1.33 bits per heavy atom. The zero-order valence-electron chi connectivity index (χ0n) is 12.9. The highest BCUT2D eigenvalue weighted by Crippen LogP contribution is 2.17. The molecule has 0 radical (unpaired) electrons. The SMILES string of the molecule is CCCCOC(=O)CNC(C)c1cccc(NC(C)=O)c1. The van der Waals surface area contributed by atoms with E-state index >= 15 is 0 Å². The monoisotopic (exact) mass is 292 g/mol. The lowest BCUT2D eigenvalue weighted by Crippen LogP contribution is -2.27. The number of rotatable bonds is 8. The summed E-state index contributed by atoms with van der Waals surface area (Å²) in [5.41, 5.74) is 1.75. The summed E-state index contributed by atoms with van der Waals surface area (Å²) >= 11 is 0. The van der Waals surface area contributed by atoms with E-state index in [1.54, 1.807) is 0 Å². The number of benzene rings is 1. The van der Waals surface area contributed by atoms with Gasteiger partial charge >= 0.3 is 5.97 Å². The van der Waals surface area contributed by atoms with Gasteiger partial charge in [0.1, 0.15) is 0 Å². The van der Waals surface area contributed by atoms with Gasteiger partial charge in [0.25, 0.3) is 0 Å². The Morgan fingerprint density at radius 2 is 2.10 bits per heavy atom. The lowest BCUT2D eigenvalue weighted by molar-refractivity contribution is -0.142. The number of carbonyl (C=O) groups excluding carboxylic acids is 2. The van der Waals surface area contributed by atoms with Gasteiger partial charge in [0.2, 0.25) is 5.91 Å². The third kappa shape index (κ3) is 6.90. The van der Waals surface area contributed by atoms with E-state index in [1.807, 2.05) is 31.2 Å². The van der Waals surface area contributed by atoms with Gasteiger partial charge in [-0.05, 0) is 31.0 Å². The molecule has 5 nitrogen and oxygen atoms in total. The lowest BCUT2D eigenvalue weighted by atomic mass is 10.1. The predicted molar refractivity (Wildman–Crippen MR) is 83.0 cm³/mol. The van der Waals surface area contributed by atoms with Gasteiger partial charge in [-0.15, -0.1) is 0 Å². The van der Waals surface area contributed by atoms with Crippen LogP contribution in [0.15, 0.2) is 24.3 Å². The number of nitrogens with one attached hydrogen (secondary N) is 2. The average Bonchev–Trinajstić information content (AvgIpc) is 2.44. The quantitative estimate of drug-likeness (QED) is 0.571. The molecule has 0 heterocycles. The van der Waals surface area contributed by atoms with Gasteiger partial charge in [0.05, 0.1) is 13.2 Å². The molecule has 116 valence electrons. The number of unbranched alkanes of at least 4 members (excludes halogenated alkanes) is 1. The van der Waals surface area contributed by atoms with Crippen LogP contribution in [-0.4, -0.2) is 25.0 Å². The van der Waals surface area contributed by atoms with E-state index < -0.39 is 0 Å². The van der Waals surface area contributed by atoms with Crippen molar-refractivity contribution in [2.24, 2.45) is 0 Å². The molecule has 0 fully saturated rings. The molecule has 0 spiro atoms. The molecule has 1 rings (SSSR count). The average molecular weight is 292 g/mol. The van der Waals surface area contributed by atoms with Crippen molar-refractivity contribution in [3.63, 3.8) is 0 Å². The first-order valence-corrected chi connectivity index (χ1v) is 7.29. The Bertz CT molecular complexity index is 474. The first-order valence-electron chi connectivity index (χ1n) is 7.29. The topological polar surface area (TPSA) is 67.4 Å². The molecule has 1 aromatic rings. The molecule has 0 bridgehead atoms. The van der Waals surface area contributed by atoms with Gasteiger partial charge in [-0.3, -0.25) is 9.59 Å². The number of ether oxygens (including phenoxy) is 1. The molecule has 0 aliphatic carbocycles. The molecule has 0 aliphatic rings. The largest absolute Gasteiger partial charge is 0.465 e. The van der Waals surface area contributed by atoms with Crippen molar-refractivity contribution in [1.29, 1.82) is 0 Å². The second-order valence-corrected chi connectivity index (χ2v) is 4.98. The van der Waals surface area contributed by atoms with Gasteiger partial charge < -0.3 is 15.4 Å². The van der Waals surface area contributed by atoms with E-state index in [4.69, 9.17) is 4.74 Å². The van der Waals surface area contributed by atoms with Crippen molar-refractivity contribution >= 4 is 17.6 Å². The molecular formula is C16H24N2O3. The Hall–Kier alpha value is -1.88. The van der Waals surface area contributed by atoms with Gasteiger partial charge in [0.15, 0.2) is 0 Å². The van der Waals surface area contributed by atoms with Crippen LogP contribution in [-0.2, 0) is 14.3 Å². The van der Waals surface area contributed by atoms with Gasteiger partial charge in [0, 0.05) is 18.7 Å². The van der Waals surface area contributed by atoms with Crippen molar-refractivity contribution in [3.05, 3.63) is 29.8 Å². The summed E-state index contributed by atoms with van der Waals surface area (Å²) in [4.78, 5) is 22.6. The highest BCUT2D eigenvalue weighted by atomic mass is 16.5. The van der Waals surface area contributed by atoms with E-state index in [1.165, 1.54) is 6.92 Å². The molecule has 1 unspecified atom stereocenters. The number of hydrogen-bond acceptors (Lipinski definition) is 4. The molecule has 0 saturated heterocycles. The minimum atomic E-state index is -0.242. The second-order valence-electron chi connectivity index (χ2n) is 4.98. The zero-order chi connectivity index (χ0) is 15.7. The van der Waals surface area contributed by atoms with Crippen LogP contribution in [0.4, 0.5) is 5.69 Å². The van der Waals surface area contributed by atoms with Crippen LogP contribution in [0.3, 0.4) is 0 Å². The van der Waals surface area contributed by atoms with E-state index in [2.05, 4.69) is 17.6 Å². The summed E-state index contributed by atoms with van der Waals surface area (Å²) in [5, 5.41) is 5.86. The number of hydrogen-bond donors (Lipinski definition) is 2. The van der Waals surface area contributed by atoms with Crippen molar-refractivity contribution in [1.82, 2.24) is 5.32 Å². The summed E-state index contributed by atoms with van der Waals surface area (Å²) in [5.74, 6) is -0.347. The van der Waals surface area contributed by atoms with Gasteiger partial charge in [-0.2, -0.15) is 0 Å². The Balaban J connectivity index is 2.46. The zero-order valence-corrected chi connectivity index (χ0v) is 12.9. The molecule has 1 atom stereocenters. The van der Waals surface area contributed by atoms with Crippen LogP contribution in [0.25, 0.3) is 0 Å². The van der Waals surface area contributed by atoms with Gasteiger partial charge in [-0.25, -0.2) is 0 Å². The van der Waals surface area contributed by atoms with E-state index in [9.17, 15) is 9.59 Å². The van der Waals surface area contributed by atoms with Crippen molar-refractivity contribution in [2.45, 2.75) is 39.7 Å². The maximum absolute atomic E-state index is 11.5. The van der Waals surface area contributed by atoms with Gasteiger partial charge in [-0.1, -0.05) is 25.5 Å². The molecule has 1 amide bonds. The summed E-state index contributed by atoms with van der Waals surface area (Å²) in [7, 11) is 0. The maximum atomic E-state index is 11.5. The Kier molecular flexibility index (Phi) is 7.46. The lowest BCUT2D eigenvalue weighted by Gasteiger charge is -2.15. The Morgan fingerprint density at radius 3 is 2.76 bits per heavy atom. The van der Waals surface area contributed by atoms with Crippen LogP contribution >= 0.6 is 0 Å². The van der Waals surface area contributed by atoms with Crippen molar-refractivity contribution < 1.29 is 14.3 Å². The summed E-state index contributed by atoms with van der Waals surface area (Å²) in [6, 6.07) is 7.54. The Labute approximate surface area is 126 Å². The van der Waals surface area contributed by atoms with Crippen LogP contribution in [0, 0.1) is 0 Å². The van der Waals surface area contributed by atoms with E-state index in [0.717, 1.165) is 24.1 Å². The molecular weight excluding hydrogens is 268 g/mol. The van der Waals surface area contributed by atoms with Crippen LogP contribution in [0.2, 0.25) is 0 Å². The normalized spacial score (nSPS) is 11.8. The summed E-state index contributed by atoms with van der Waals surface area (Å²) < 4.78 is 5.09. The first kappa shape index (κ1) is 17.2. The van der Waals surface area contributed by atoms with E-state index in [0.29, 0.717) is 6.61 Å². The molecule has 1 aromatic carbocycles. The van der Waals surface area contributed by atoms with Crippen molar-refractivity contribution in [2.75, 3.05) is 18.5 Å². The maximum Gasteiger partial charge on any atom is 0.319 e. The fraction of sp³-hybridized carbons (Fsp3) is 0.500. The molecule has 2 N–H and O–H groups in total. The summed E-state index contributed by atoms with van der Waals surface area (Å²) in [6.07, 6.45) is 1.90. The summed E-state index contributed by atoms with van der Waals surface area (Å²) in [6.45, 7) is 6.14. The highest BCUT2D eigenvalue weighted by Gasteiger charge is 2.09. The smallest absolute Gasteiger partial charge is 0.319 e. The first-order chi connectivity index (χ1) is 10.0.